The molecule has 0 saturated carbocycles. The molecule has 2 heterocycles. The highest BCUT2D eigenvalue weighted by Crippen LogP contribution is 2.49. The van der Waals surface area contributed by atoms with Crippen molar-refractivity contribution in [1.82, 2.24) is 29.9 Å². The average molecular weight is 737 g/mol. The Hall–Kier alpha value is -5.62. The van der Waals surface area contributed by atoms with Crippen molar-refractivity contribution in [2.45, 2.75) is 107 Å². The molecule has 56 heavy (non-hydrogen) atoms. The molecule has 0 atom stereocenters. The van der Waals surface area contributed by atoms with Crippen molar-refractivity contribution >= 4 is 32.3 Å². The van der Waals surface area contributed by atoms with Gasteiger partial charge in [0.2, 0.25) is 0 Å². The van der Waals surface area contributed by atoms with Crippen molar-refractivity contribution in [1.29, 1.82) is 0 Å². The Kier molecular flexibility index (Phi) is 9.43. The number of rotatable bonds is 8. The second kappa shape index (κ2) is 14.1. The van der Waals surface area contributed by atoms with Crippen LogP contribution in [-0.4, -0.2) is 29.9 Å². The van der Waals surface area contributed by atoms with Crippen LogP contribution in [0, 0.1) is 27.7 Å². The van der Waals surface area contributed by atoms with Crippen LogP contribution in [0.1, 0.15) is 125 Å². The average Bonchev–Trinajstić information content (AvgIpc) is 3.16. The lowest BCUT2D eigenvalue weighted by Gasteiger charge is -2.23. The van der Waals surface area contributed by atoms with Gasteiger partial charge in [-0.05, 0) is 117 Å². The molecular formula is C50H52N6. The molecule has 0 bridgehead atoms. The predicted molar refractivity (Wildman–Crippen MR) is 234 cm³/mol. The third-order valence-electron chi connectivity index (χ3n) is 11.3. The molecule has 0 N–H and O–H groups in total. The van der Waals surface area contributed by atoms with Crippen molar-refractivity contribution < 1.29 is 0 Å². The van der Waals surface area contributed by atoms with Crippen LogP contribution in [0.25, 0.3) is 77.3 Å². The largest absolute Gasteiger partial charge is 0.217 e. The quantitative estimate of drug-likeness (QED) is 0.145. The van der Waals surface area contributed by atoms with Gasteiger partial charge in [0.1, 0.15) is 23.3 Å². The van der Waals surface area contributed by atoms with Gasteiger partial charge in [-0.3, -0.25) is 0 Å². The highest BCUT2D eigenvalue weighted by molar-refractivity contribution is 6.31. The third kappa shape index (κ3) is 6.20. The number of nitrogens with zero attached hydrogens (tertiary/aromatic N) is 6. The maximum atomic E-state index is 5.20. The van der Waals surface area contributed by atoms with Crippen LogP contribution >= 0.6 is 0 Å². The Bertz CT molecular complexity index is 2520. The maximum absolute atomic E-state index is 5.20. The zero-order valence-corrected chi connectivity index (χ0v) is 34.9. The summed E-state index contributed by atoms with van der Waals surface area (Å²) in [5.74, 6) is 5.31. The molecule has 282 valence electrons. The summed E-state index contributed by atoms with van der Waals surface area (Å²) in [4.78, 5) is 30.7. The molecule has 0 aliphatic rings. The van der Waals surface area contributed by atoms with E-state index in [1.54, 1.807) is 0 Å². The van der Waals surface area contributed by atoms with Crippen LogP contribution in [-0.2, 0) is 0 Å². The maximum Gasteiger partial charge on any atom is 0.164 e. The van der Waals surface area contributed by atoms with Crippen molar-refractivity contribution in [2.75, 3.05) is 0 Å². The molecule has 0 radical (unpaired) electrons. The summed E-state index contributed by atoms with van der Waals surface area (Å²) in [6.07, 6.45) is 0. The van der Waals surface area contributed by atoms with Crippen molar-refractivity contribution in [3.05, 3.63) is 118 Å². The minimum absolute atomic E-state index is 0.154. The number of aryl methyl sites for hydroxylation is 4. The van der Waals surface area contributed by atoms with Gasteiger partial charge < -0.3 is 0 Å². The van der Waals surface area contributed by atoms with Gasteiger partial charge in [0.25, 0.3) is 0 Å². The van der Waals surface area contributed by atoms with E-state index in [1.807, 2.05) is 0 Å². The van der Waals surface area contributed by atoms with E-state index in [4.69, 9.17) is 29.9 Å². The van der Waals surface area contributed by atoms with E-state index < -0.39 is 0 Å². The summed E-state index contributed by atoms with van der Waals surface area (Å²) in [6.45, 7) is 26.1. The topological polar surface area (TPSA) is 77.3 Å². The molecular weight excluding hydrogens is 685 g/mol. The molecule has 6 nitrogen and oxygen atoms in total. The summed E-state index contributed by atoms with van der Waals surface area (Å²) in [6, 6.07) is 27.1. The van der Waals surface area contributed by atoms with E-state index >= 15 is 0 Å². The minimum atomic E-state index is 0.154. The number of aromatic nitrogens is 6. The van der Waals surface area contributed by atoms with E-state index in [9.17, 15) is 0 Å². The summed E-state index contributed by atoms with van der Waals surface area (Å²) in [7, 11) is 0. The van der Waals surface area contributed by atoms with Crippen molar-refractivity contribution in [3.8, 4) is 45.0 Å². The van der Waals surface area contributed by atoms with Crippen LogP contribution in [0.4, 0.5) is 0 Å². The Morgan fingerprint density at radius 1 is 0.339 bits per heavy atom. The molecule has 0 aliphatic heterocycles. The van der Waals surface area contributed by atoms with Crippen LogP contribution < -0.4 is 0 Å². The Balaban J connectivity index is 1.61. The first-order valence-electron chi connectivity index (χ1n) is 20.2. The van der Waals surface area contributed by atoms with E-state index in [0.29, 0.717) is 11.6 Å². The van der Waals surface area contributed by atoms with E-state index in [1.165, 1.54) is 66.1 Å². The second-order valence-electron chi connectivity index (χ2n) is 16.9. The molecule has 0 saturated heterocycles. The van der Waals surface area contributed by atoms with Gasteiger partial charge in [0, 0.05) is 34.8 Å². The van der Waals surface area contributed by atoms with Gasteiger partial charge in [-0.2, -0.15) is 0 Å². The fourth-order valence-corrected chi connectivity index (χ4v) is 8.35. The van der Waals surface area contributed by atoms with E-state index in [2.05, 4.69) is 156 Å². The summed E-state index contributed by atoms with van der Waals surface area (Å²) in [5.41, 5.74) is 11.8. The van der Waals surface area contributed by atoms with Crippen LogP contribution in [0.3, 0.4) is 0 Å². The van der Waals surface area contributed by atoms with Crippen LogP contribution in [0.2, 0.25) is 0 Å². The van der Waals surface area contributed by atoms with E-state index in [0.717, 1.165) is 45.2 Å². The van der Waals surface area contributed by atoms with Gasteiger partial charge in [-0.1, -0.05) is 116 Å². The number of benzene rings is 6. The Morgan fingerprint density at radius 2 is 0.607 bits per heavy atom. The Labute approximate surface area is 331 Å². The minimum Gasteiger partial charge on any atom is -0.217 e. The molecule has 6 heteroatoms. The second-order valence-corrected chi connectivity index (χ2v) is 16.9. The summed E-state index contributed by atoms with van der Waals surface area (Å²) < 4.78 is 0. The smallest absolute Gasteiger partial charge is 0.164 e. The molecule has 8 rings (SSSR count). The lowest BCUT2D eigenvalue weighted by Crippen LogP contribution is -2.09. The van der Waals surface area contributed by atoms with Crippen LogP contribution in [0.5, 0.6) is 0 Å². The fraction of sp³-hybridized carbons (Fsp3) is 0.320. The summed E-state index contributed by atoms with van der Waals surface area (Å²) >= 11 is 0. The molecule has 8 aromatic rings. The monoisotopic (exact) mass is 736 g/mol. The zero-order valence-electron chi connectivity index (χ0n) is 34.9. The molecule has 0 aliphatic carbocycles. The zero-order chi connectivity index (χ0) is 39.7. The van der Waals surface area contributed by atoms with Gasteiger partial charge >= 0.3 is 0 Å². The highest BCUT2D eigenvalue weighted by Gasteiger charge is 2.26. The SMILES string of the molecule is Cc1cccc(C)c1-c1cc(-c2nc(C(C)C)nc(C(C)C)n2)c2ccc3c(-c4c(C)cccc4C)cc(-c4nc(C(C)C)nc(C(C)C)n4)c4ccc1c2c43. The fourth-order valence-electron chi connectivity index (χ4n) is 8.35. The number of hydrogen-bond donors (Lipinski definition) is 0. The van der Waals surface area contributed by atoms with Crippen molar-refractivity contribution in [2.24, 2.45) is 0 Å². The van der Waals surface area contributed by atoms with Gasteiger partial charge in [0.05, 0.1) is 0 Å². The van der Waals surface area contributed by atoms with E-state index in [-0.39, 0.29) is 23.7 Å². The summed E-state index contributed by atoms with van der Waals surface area (Å²) in [5, 5.41) is 7.04. The van der Waals surface area contributed by atoms with Crippen LogP contribution in [0.15, 0.2) is 72.8 Å². The molecule has 0 unspecified atom stereocenters. The van der Waals surface area contributed by atoms with Crippen molar-refractivity contribution in [3.63, 3.8) is 0 Å². The number of hydrogen-bond acceptors (Lipinski definition) is 6. The Morgan fingerprint density at radius 3 is 0.875 bits per heavy atom. The molecule has 6 aromatic carbocycles. The van der Waals surface area contributed by atoms with Gasteiger partial charge in [-0.25, -0.2) is 29.9 Å². The predicted octanol–water partition coefficient (Wildman–Crippen LogP) is 13.3. The first-order chi connectivity index (χ1) is 26.7. The normalized spacial score (nSPS) is 12.2. The van der Waals surface area contributed by atoms with Gasteiger partial charge in [-0.15, -0.1) is 0 Å². The lowest BCUT2D eigenvalue weighted by atomic mass is 9.81. The molecule has 0 amide bonds. The lowest BCUT2D eigenvalue weighted by molar-refractivity contribution is 0.697. The standard InChI is InChI=1S/C50H52N6/c1-25(2)45-51-46(26(3)4)54-49(53-45)39-23-37(41-29(9)15-13-16-30(41)10)33-20-22-36-40(50-55-47(27(5)6)52-48(56-50)28(7)8)24-38(42-31(11)17-14-18-32(42)12)34-19-21-35(39)43(33)44(34)36/h13-28H,1-12H3. The first kappa shape index (κ1) is 37.3. The highest BCUT2D eigenvalue weighted by atomic mass is 15.0. The van der Waals surface area contributed by atoms with Gasteiger partial charge in [0.15, 0.2) is 11.6 Å². The first-order valence-corrected chi connectivity index (χ1v) is 20.2. The third-order valence-corrected chi connectivity index (χ3v) is 11.3. The molecule has 0 spiro atoms. The molecule has 2 aromatic heterocycles. The molecule has 0 fully saturated rings.